The fourth-order valence-corrected chi connectivity index (χ4v) is 21.1. The van der Waals surface area contributed by atoms with Gasteiger partial charge in [0.15, 0.2) is 0 Å². The Hall–Kier alpha value is -9.30. The molecule has 774 valence electrons. The van der Waals surface area contributed by atoms with Crippen molar-refractivity contribution in [3.63, 3.8) is 0 Å². The fourth-order valence-electron chi connectivity index (χ4n) is 18.8. The Morgan fingerprint density at radius 3 is 0.861 bits per heavy atom. The van der Waals surface area contributed by atoms with E-state index in [9.17, 15) is 80.6 Å². The SMILES string of the molecule is CCCN1CCCN(C(=O)c2ccc(Cl)c(Cc3nc4c(C)cc(C(F)(F)F)cc4n3C)c2Cl)CC1.Cc1cc(C(F)(F)F)cc2c1nc(Cc1c(Cl)ccc(C(=O)N3CCN(C(C)C)CC3)c1Cl)n2C.Cc1cc(C(F)(F)F)cc2c1nc(Cc1c(Cl)ccc(C(=O)N3CCN(CC(C)(F)F)CC3)c1Cl)n2C.Cc1cc(C(F)(F)F)cc2c1nc(Cc1c(Cl)ccc(C(=O)N3CCN(CC4CC4)CC3)c1Cl)n2C. The second kappa shape index (κ2) is 44.6. The molecule has 12 aromatic rings. The number of hydrogen-bond donors (Lipinski definition) is 0. The molecule has 4 aromatic heterocycles. The number of rotatable bonds is 19. The van der Waals surface area contributed by atoms with Crippen molar-refractivity contribution < 1.29 is 80.6 Å². The highest BCUT2D eigenvalue weighted by atomic mass is 35.5. The van der Waals surface area contributed by atoms with Gasteiger partial charge in [-0.15, -0.1) is 0 Å². The van der Waals surface area contributed by atoms with Gasteiger partial charge in [-0.3, -0.25) is 33.9 Å². The van der Waals surface area contributed by atoms with Crippen LogP contribution in [0.25, 0.3) is 44.1 Å². The minimum absolute atomic E-state index is 0.0874. The maximum Gasteiger partial charge on any atom is 0.416 e. The number of amides is 4. The van der Waals surface area contributed by atoms with Crippen molar-refractivity contribution in [2.75, 3.05) is 124 Å². The Morgan fingerprint density at radius 2 is 0.611 bits per heavy atom. The highest BCUT2D eigenvalue weighted by Crippen LogP contribution is 2.44. The standard InChI is InChI=1S/C26H27Cl2F3N4O.C26H29Cl2F3N4O.C25H25Cl2F5N4O.C25H27Cl2F3N4O/c1-15-11-17(26(29,30)31)12-21-24(15)32-22(33(21)2)13-19-20(27)6-5-18(23(19)28)25(36)35-9-7-34(8-10-35)14-16-3-4-16;1-4-8-34-9-5-10-35(12-11-34)25(36)18-6-7-20(27)19(23(18)28)15-22-32-24-16(2)13-17(26(29,30)31)14-21(24)33(22)3;1-14-10-15(25(30,31)32)11-19-22(14)33-20(34(19)3)12-17-18(26)5-4-16(21(17)27)23(37)36-8-6-35(7-9-36)13-24(2,28)29;1-14(2)33-7-9-34(10-8-33)24(35)17-5-6-19(26)18(22(17)27)13-21-31-23-15(3)11-16(25(28,29)30)12-20(23)32(21)4/h5-6,11-12,16H,3-4,7-10,13-14H2,1-2H3;6-7,13-14H,4-5,8-12,15H2,1-3H3;4-5,10-11H,6-9,12-13H2,1-3H3;5-6,11-12,14H,7-10,13H2,1-4H3. The van der Waals surface area contributed by atoms with Crippen LogP contribution in [0.1, 0.15) is 185 Å². The van der Waals surface area contributed by atoms with Crippen molar-refractivity contribution in [2.24, 2.45) is 34.1 Å². The molecule has 4 amide bonds. The van der Waals surface area contributed by atoms with Crippen LogP contribution in [-0.4, -0.2) is 237 Å². The molecule has 8 heterocycles. The Balaban J connectivity index is 0.000000152. The van der Waals surface area contributed by atoms with E-state index in [1.807, 2.05) is 9.80 Å². The molecular formula is C102H108Cl8F14N16O4. The number of halogens is 22. The molecule has 5 aliphatic rings. The molecule has 8 aromatic carbocycles. The van der Waals surface area contributed by atoms with E-state index in [-0.39, 0.29) is 99.6 Å². The fraction of sp³-hybridized carbons (Fsp3) is 0.451. The molecule has 0 atom stereocenters. The summed E-state index contributed by atoms with van der Waals surface area (Å²) in [6.45, 7) is 25.4. The van der Waals surface area contributed by atoms with E-state index >= 15 is 0 Å². The maximum absolute atomic E-state index is 13.4. The van der Waals surface area contributed by atoms with Crippen LogP contribution in [0.15, 0.2) is 97.1 Å². The number of hydrogen-bond acceptors (Lipinski definition) is 12. The second-order valence-corrected chi connectivity index (χ2v) is 41.0. The smallest absolute Gasteiger partial charge is 0.337 e. The lowest BCUT2D eigenvalue weighted by Crippen LogP contribution is -2.51. The number of imidazole rings is 4. The first kappa shape index (κ1) is 110. The van der Waals surface area contributed by atoms with Crippen molar-refractivity contribution in [2.45, 2.75) is 143 Å². The second-order valence-electron chi connectivity index (χ2n) is 37.8. The van der Waals surface area contributed by atoms with Crippen LogP contribution in [-0.2, 0) is 78.6 Å². The Kier molecular flexibility index (Phi) is 34.2. The Labute approximate surface area is 864 Å². The van der Waals surface area contributed by atoms with Crippen molar-refractivity contribution in [3.05, 3.63) is 250 Å². The molecule has 1 aliphatic carbocycles. The van der Waals surface area contributed by atoms with Crippen LogP contribution in [0.3, 0.4) is 0 Å². The van der Waals surface area contributed by atoms with Gasteiger partial charge >= 0.3 is 24.7 Å². The molecule has 5 fully saturated rings. The lowest BCUT2D eigenvalue weighted by atomic mass is 10.1. The van der Waals surface area contributed by atoms with Gasteiger partial charge in [0.1, 0.15) is 23.3 Å². The average molecular weight is 2170 g/mol. The number of alkyl halides is 14. The van der Waals surface area contributed by atoms with Crippen LogP contribution < -0.4 is 0 Å². The monoisotopic (exact) mass is 2170 g/mol. The van der Waals surface area contributed by atoms with E-state index in [2.05, 4.69) is 55.4 Å². The molecule has 0 radical (unpaired) electrons. The van der Waals surface area contributed by atoms with Crippen molar-refractivity contribution in [3.8, 4) is 0 Å². The normalized spacial score (nSPS) is 15.9. The molecule has 4 saturated heterocycles. The number of benzene rings is 8. The number of carbonyl (C=O) groups is 4. The van der Waals surface area contributed by atoms with Gasteiger partial charge < -0.3 is 42.8 Å². The van der Waals surface area contributed by atoms with Crippen molar-refractivity contribution >= 4 is 161 Å². The molecule has 17 rings (SSSR count). The minimum Gasteiger partial charge on any atom is -0.337 e. The highest BCUT2D eigenvalue weighted by Gasteiger charge is 2.40. The molecular weight excluding hydrogens is 2060 g/mol. The summed E-state index contributed by atoms with van der Waals surface area (Å²) in [5, 5.41) is 2.29. The zero-order chi connectivity index (χ0) is 105. The Bertz CT molecular complexity index is 6840. The van der Waals surface area contributed by atoms with Gasteiger partial charge in [0.25, 0.3) is 29.6 Å². The van der Waals surface area contributed by atoms with E-state index in [1.54, 1.807) is 131 Å². The topological polar surface area (TPSA) is 165 Å². The molecule has 0 N–H and O–H groups in total. The summed E-state index contributed by atoms with van der Waals surface area (Å²) in [6.07, 6.45) is -12.7. The number of fused-ring (bicyclic) bond motifs is 4. The van der Waals surface area contributed by atoms with E-state index in [1.165, 1.54) is 18.9 Å². The van der Waals surface area contributed by atoms with Gasteiger partial charge in [0.05, 0.1) is 115 Å². The molecule has 144 heavy (non-hydrogen) atoms. The van der Waals surface area contributed by atoms with Gasteiger partial charge in [0, 0.05) is 192 Å². The van der Waals surface area contributed by atoms with Crippen LogP contribution >= 0.6 is 92.8 Å². The molecule has 1 saturated carbocycles. The average Bonchev–Trinajstić information content (AvgIpc) is 1.64. The lowest BCUT2D eigenvalue weighted by molar-refractivity contribution is -0.138. The van der Waals surface area contributed by atoms with E-state index < -0.39 is 52.9 Å². The number of carbonyl (C=O) groups excluding carboxylic acids is 4. The number of aromatic nitrogens is 8. The largest absolute Gasteiger partial charge is 0.416 e. The lowest BCUT2D eigenvalue weighted by Gasteiger charge is -2.37. The molecule has 4 aliphatic heterocycles. The summed E-state index contributed by atoms with van der Waals surface area (Å²) >= 11 is 52.6. The van der Waals surface area contributed by atoms with Gasteiger partial charge in [-0.25, -0.2) is 28.7 Å². The minimum atomic E-state index is -4.49. The first-order valence-corrected chi connectivity index (χ1v) is 50.1. The predicted molar refractivity (Wildman–Crippen MR) is 537 cm³/mol. The summed E-state index contributed by atoms with van der Waals surface area (Å²) in [5.74, 6) is -0.850. The van der Waals surface area contributed by atoms with Gasteiger partial charge in [-0.05, 0) is 228 Å². The first-order chi connectivity index (χ1) is 67.6. The summed E-state index contributed by atoms with van der Waals surface area (Å²) in [5.41, 5.74) is 5.39. The van der Waals surface area contributed by atoms with Crippen LogP contribution in [0.2, 0.25) is 40.2 Å². The molecule has 0 bridgehead atoms. The third-order valence-electron chi connectivity index (χ3n) is 27.2. The van der Waals surface area contributed by atoms with Crippen LogP contribution in [0.4, 0.5) is 61.5 Å². The molecule has 0 unspecified atom stereocenters. The quantitative estimate of drug-likeness (QED) is 0.0705. The third-order valence-corrected chi connectivity index (χ3v) is 30.3. The van der Waals surface area contributed by atoms with E-state index in [4.69, 9.17) is 92.8 Å². The van der Waals surface area contributed by atoms with Gasteiger partial charge in [-0.1, -0.05) is 99.7 Å². The first-order valence-electron chi connectivity index (χ1n) is 47.0. The molecule has 20 nitrogen and oxygen atoms in total. The summed E-state index contributed by atoms with van der Waals surface area (Å²) < 4.78 is 193. The summed E-state index contributed by atoms with van der Waals surface area (Å²) in [4.78, 5) is 87.1. The van der Waals surface area contributed by atoms with Crippen LogP contribution in [0, 0.1) is 33.6 Å². The van der Waals surface area contributed by atoms with Gasteiger partial charge in [0.2, 0.25) is 0 Å². The summed E-state index contributed by atoms with van der Waals surface area (Å²) in [7, 11) is 6.61. The van der Waals surface area contributed by atoms with E-state index in [0.29, 0.717) is 202 Å². The molecule has 0 spiro atoms. The third kappa shape index (κ3) is 25.1. The zero-order valence-electron chi connectivity index (χ0n) is 81.1. The molecule has 42 heteroatoms. The number of nitrogens with zero attached hydrogens (tertiary/aromatic N) is 16. The van der Waals surface area contributed by atoms with E-state index in [0.717, 1.165) is 127 Å². The number of aryl methyl sites for hydroxylation is 8. The van der Waals surface area contributed by atoms with Crippen molar-refractivity contribution in [1.29, 1.82) is 0 Å². The van der Waals surface area contributed by atoms with Crippen molar-refractivity contribution in [1.82, 2.24) is 77.4 Å². The van der Waals surface area contributed by atoms with Crippen LogP contribution in [0.5, 0.6) is 0 Å². The summed E-state index contributed by atoms with van der Waals surface area (Å²) in [6, 6.07) is 22.0. The highest BCUT2D eigenvalue weighted by molar-refractivity contribution is 6.40. The predicted octanol–water partition coefficient (Wildman–Crippen LogP) is 24.5. The maximum atomic E-state index is 13.4. The Morgan fingerprint density at radius 1 is 0.354 bits per heavy atom. The zero-order valence-corrected chi connectivity index (χ0v) is 87.1. The van der Waals surface area contributed by atoms with Gasteiger partial charge in [-0.2, -0.15) is 52.7 Å². The number of piperazine rings is 3.